The molecule has 88 valence electrons. The van der Waals surface area contributed by atoms with Crippen molar-refractivity contribution in [1.82, 2.24) is 5.32 Å². The standard InChI is InChI=1S/C6H12N2O6S/c7-5(9)3-4(6(10)11)8-1-2-15(12,13)14/h4,8H,1-3H2,(H2,7,9)(H,10,11)(H,12,13,14). The highest BCUT2D eigenvalue weighted by Gasteiger charge is 2.19. The van der Waals surface area contributed by atoms with Crippen LogP contribution >= 0.6 is 0 Å². The molecule has 0 saturated carbocycles. The van der Waals surface area contributed by atoms with E-state index in [2.05, 4.69) is 5.32 Å². The second kappa shape index (κ2) is 5.63. The van der Waals surface area contributed by atoms with Crippen molar-refractivity contribution >= 4 is 22.0 Å². The van der Waals surface area contributed by atoms with E-state index < -0.39 is 40.2 Å². The lowest BCUT2D eigenvalue weighted by molar-refractivity contribution is -0.141. The molecule has 0 aliphatic rings. The van der Waals surface area contributed by atoms with E-state index in [0.717, 1.165) is 0 Å². The molecule has 0 aromatic carbocycles. The Balaban J connectivity index is 4.09. The maximum atomic E-state index is 10.5. The van der Waals surface area contributed by atoms with Crippen LogP contribution in [-0.2, 0) is 19.7 Å². The van der Waals surface area contributed by atoms with Gasteiger partial charge in [-0.25, -0.2) is 0 Å². The molecule has 0 bridgehead atoms. The van der Waals surface area contributed by atoms with Crippen LogP contribution in [0.25, 0.3) is 0 Å². The van der Waals surface area contributed by atoms with Gasteiger partial charge in [-0.05, 0) is 0 Å². The molecule has 0 aliphatic heterocycles. The lowest BCUT2D eigenvalue weighted by Gasteiger charge is -2.11. The number of nitrogens with two attached hydrogens (primary N) is 1. The second-order valence-electron chi connectivity index (χ2n) is 2.80. The molecule has 0 radical (unpaired) electrons. The fourth-order valence-electron chi connectivity index (χ4n) is 0.810. The highest BCUT2D eigenvalue weighted by molar-refractivity contribution is 7.85. The topological polar surface area (TPSA) is 147 Å². The highest BCUT2D eigenvalue weighted by Crippen LogP contribution is 1.91. The average Bonchev–Trinajstić information content (AvgIpc) is 1.99. The van der Waals surface area contributed by atoms with Crippen LogP contribution in [0.2, 0.25) is 0 Å². The minimum atomic E-state index is -4.15. The lowest BCUT2D eigenvalue weighted by atomic mass is 10.2. The summed E-state index contributed by atoms with van der Waals surface area (Å²) in [5.41, 5.74) is 4.78. The Bertz CT molecular complexity index is 338. The minimum absolute atomic E-state index is 0.275. The van der Waals surface area contributed by atoms with Gasteiger partial charge in [0.05, 0.1) is 12.2 Å². The zero-order chi connectivity index (χ0) is 12.1. The Morgan fingerprint density at radius 3 is 2.27 bits per heavy atom. The zero-order valence-corrected chi connectivity index (χ0v) is 8.53. The monoisotopic (exact) mass is 240 g/mol. The number of carboxylic acids is 1. The number of hydrogen-bond donors (Lipinski definition) is 4. The van der Waals surface area contributed by atoms with E-state index in [1.165, 1.54) is 0 Å². The summed E-state index contributed by atoms with van der Waals surface area (Å²) in [6.07, 6.45) is -0.444. The van der Waals surface area contributed by atoms with Crippen LogP contribution in [-0.4, -0.2) is 48.3 Å². The lowest BCUT2D eigenvalue weighted by Crippen LogP contribution is -2.41. The summed E-state index contributed by atoms with van der Waals surface area (Å²) in [5.74, 6) is -2.76. The molecule has 0 saturated heterocycles. The molecule has 5 N–H and O–H groups in total. The van der Waals surface area contributed by atoms with Crippen LogP contribution in [0.3, 0.4) is 0 Å². The predicted octanol–water partition coefficient (Wildman–Crippen LogP) is -2.21. The molecule has 8 nitrogen and oxygen atoms in total. The second-order valence-corrected chi connectivity index (χ2v) is 4.37. The van der Waals surface area contributed by atoms with Crippen molar-refractivity contribution < 1.29 is 27.7 Å². The zero-order valence-electron chi connectivity index (χ0n) is 7.71. The minimum Gasteiger partial charge on any atom is -0.480 e. The average molecular weight is 240 g/mol. The van der Waals surface area contributed by atoms with Gasteiger partial charge in [-0.1, -0.05) is 0 Å². The van der Waals surface area contributed by atoms with Gasteiger partial charge in [-0.3, -0.25) is 14.1 Å². The van der Waals surface area contributed by atoms with E-state index in [-0.39, 0.29) is 6.54 Å². The van der Waals surface area contributed by atoms with E-state index >= 15 is 0 Å². The first kappa shape index (κ1) is 13.8. The van der Waals surface area contributed by atoms with Crippen molar-refractivity contribution in [2.45, 2.75) is 12.5 Å². The summed E-state index contributed by atoms with van der Waals surface area (Å²) >= 11 is 0. The van der Waals surface area contributed by atoms with Gasteiger partial charge < -0.3 is 16.2 Å². The number of carboxylic acid groups (broad SMARTS) is 1. The Hall–Kier alpha value is -1.19. The Labute approximate surface area is 86.2 Å². The maximum Gasteiger partial charge on any atom is 0.321 e. The Kier molecular flexibility index (Phi) is 5.19. The van der Waals surface area contributed by atoms with Crippen molar-refractivity contribution in [2.75, 3.05) is 12.3 Å². The van der Waals surface area contributed by atoms with Gasteiger partial charge >= 0.3 is 5.97 Å². The number of primary amides is 1. The third kappa shape index (κ3) is 7.85. The van der Waals surface area contributed by atoms with Crippen molar-refractivity contribution in [3.63, 3.8) is 0 Å². The van der Waals surface area contributed by atoms with Crippen LogP contribution in [0.1, 0.15) is 6.42 Å². The number of rotatable bonds is 7. The van der Waals surface area contributed by atoms with Gasteiger partial charge in [0.1, 0.15) is 6.04 Å². The van der Waals surface area contributed by atoms with Crippen LogP contribution < -0.4 is 11.1 Å². The number of hydrogen-bond acceptors (Lipinski definition) is 5. The summed E-state index contributed by atoms with van der Waals surface area (Å²) in [7, 11) is -4.15. The largest absolute Gasteiger partial charge is 0.480 e. The number of aliphatic carboxylic acids is 1. The van der Waals surface area contributed by atoms with E-state index in [1.807, 2.05) is 0 Å². The SMILES string of the molecule is NC(=O)CC(NCCS(=O)(=O)O)C(=O)O. The molecular weight excluding hydrogens is 228 g/mol. The summed E-state index contributed by atoms with van der Waals surface area (Å²) in [4.78, 5) is 20.9. The van der Waals surface area contributed by atoms with Gasteiger partial charge in [0.2, 0.25) is 5.91 Å². The van der Waals surface area contributed by atoms with E-state index in [1.54, 1.807) is 0 Å². The third-order valence-electron chi connectivity index (χ3n) is 1.45. The molecule has 0 aromatic heterocycles. The Morgan fingerprint density at radius 2 is 1.93 bits per heavy atom. The van der Waals surface area contributed by atoms with Gasteiger partial charge in [-0.15, -0.1) is 0 Å². The van der Waals surface area contributed by atoms with Gasteiger partial charge in [-0.2, -0.15) is 8.42 Å². The predicted molar refractivity (Wildman–Crippen MR) is 49.7 cm³/mol. The Morgan fingerprint density at radius 1 is 1.40 bits per heavy atom. The van der Waals surface area contributed by atoms with Crippen LogP contribution in [0.5, 0.6) is 0 Å². The fourth-order valence-corrected chi connectivity index (χ4v) is 1.19. The molecule has 9 heteroatoms. The molecule has 1 amide bonds. The van der Waals surface area contributed by atoms with Crippen molar-refractivity contribution in [3.8, 4) is 0 Å². The highest BCUT2D eigenvalue weighted by atomic mass is 32.2. The van der Waals surface area contributed by atoms with E-state index in [0.29, 0.717) is 0 Å². The number of nitrogens with one attached hydrogen (secondary N) is 1. The van der Waals surface area contributed by atoms with Crippen molar-refractivity contribution in [2.24, 2.45) is 5.73 Å². The third-order valence-corrected chi connectivity index (χ3v) is 2.17. The quantitative estimate of drug-likeness (QED) is 0.369. The number of carbonyl (C=O) groups excluding carboxylic acids is 1. The summed E-state index contributed by atoms with van der Waals surface area (Å²) < 4.78 is 28.9. The van der Waals surface area contributed by atoms with Crippen LogP contribution in [0, 0.1) is 0 Å². The van der Waals surface area contributed by atoms with Gasteiger partial charge in [0, 0.05) is 6.54 Å². The fraction of sp³-hybridized carbons (Fsp3) is 0.667. The molecule has 0 aromatic rings. The normalized spacial score (nSPS) is 13.4. The number of amides is 1. The molecular formula is C6H12N2O6S. The van der Waals surface area contributed by atoms with Gasteiger partial charge in [0.25, 0.3) is 10.1 Å². The molecule has 0 heterocycles. The summed E-state index contributed by atoms with van der Waals surface area (Å²) in [6.45, 7) is -0.275. The van der Waals surface area contributed by atoms with E-state index in [4.69, 9.17) is 15.4 Å². The molecule has 0 rings (SSSR count). The summed E-state index contributed by atoms with van der Waals surface area (Å²) in [5, 5.41) is 10.8. The van der Waals surface area contributed by atoms with Crippen molar-refractivity contribution in [1.29, 1.82) is 0 Å². The first-order valence-corrected chi connectivity index (χ1v) is 5.53. The smallest absolute Gasteiger partial charge is 0.321 e. The van der Waals surface area contributed by atoms with Gasteiger partial charge in [0.15, 0.2) is 0 Å². The number of carbonyl (C=O) groups is 2. The summed E-state index contributed by atoms with van der Waals surface area (Å²) in [6, 6.07) is -1.25. The van der Waals surface area contributed by atoms with Crippen LogP contribution in [0.15, 0.2) is 0 Å². The van der Waals surface area contributed by atoms with Crippen molar-refractivity contribution in [3.05, 3.63) is 0 Å². The first-order valence-electron chi connectivity index (χ1n) is 3.92. The molecule has 0 aliphatic carbocycles. The molecule has 1 unspecified atom stereocenters. The molecule has 1 atom stereocenters. The molecule has 15 heavy (non-hydrogen) atoms. The maximum absolute atomic E-state index is 10.5. The van der Waals surface area contributed by atoms with E-state index in [9.17, 15) is 18.0 Å². The first-order chi connectivity index (χ1) is 6.72. The molecule has 0 spiro atoms. The molecule has 0 fully saturated rings. The van der Waals surface area contributed by atoms with Crippen LogP contribution in [0.4, 0.5) is 0 Å².